The Balaban J connectivity index is 1.85. The van der Waals surface area contributed by atoms with E-state index in [1.807, 2.05) is 13.8 Å². The molecule has 2 aromatic carbocycles. The highest BCUT2D eigenvalue weighted by Crippen LogP contribution is 2.27. The van der Waals surface area contributed by atoms with Crippen molar-refractivity contribution < 1.29 is 17.9 Å². The fraction of sp³-hybridized carbons (Fsp3) is 0.176. The number of hydrogen-bond donors (Lipinski definition) is 1. The maximum Gasteiger partial charge on any atom is 0.289 e. The molecule has 0 atom stereocenters. The lowest BCUT2D eigenvalue weighted by molar-refractivity contribution is -0.387. The average Bonchev–Trinajstić information content (AvgIpc) is 3.12. The molecule has 0 bridgehead atoms. The Labute approximate surface area is 155 Å². The van der Waals surface area contributed by atoms with Crippen LogP contribution in [0.4, 0.5) is 11.4 Å². The summed E-state index contributed by atoms with van der Waals surface area (Å²) in [6.45, 7) is 3.88. The first-order valence-corrected chi connectivity index (χ1v) is 9.46. The SMILES string of the molecule is CC(C)c1noc(-c2ccc(NS(=O)(=O)c3ccccc3[N+](=O)[O-])cc2)n1. The Morgan fingerprint density at radius 1 is 1.11 bits per heavy atom. The molecule has 1 N–H and O–H groups in total. The molecular weight excluding hydrogens is 372 g/mol. The Hall–Kier alpha value is -3.27. The normalized spacial score (nSPS) is 11.5. The molecule has 0 aliphatic rings. The van der Waals surface area contributed by atoms with E-state index >= 15 is 0 Å². The van der Waals surface area contributed by atoms with Crippen LogP contribution in [0, 0.1) is 10.1 Å². The van der Waals surface area contributed by atoms with Gasteiger partial charge in [-0.1, -0.05) is 31.1 Å². The van der Waals surface area contributed by atoms with Crippen LogP contribution in [0.1, 0.15) is 25.6 Å². The van der Waals surface area contributed by atoms with E-state index < -0.39 is 25.5 Å². The van der Waals surface area contributed by atoms with Crippen molar-refractivity contribution in [3.63, 3.8) is 0 Å². The molecule has 0 aliphatic carbocycles. The van der Waals surface area contributed by atoms with Crippen LogP contribution in [0.5, 0.6) is 0 Å². The van der Waals surface area contributed by atoms with Gasteiger partial charge in [-0.3, -0.25) is 14.8 Å². The summed E-state index contributed by atoms with van der Waals surface area (Å²) in [5, 5.41) is 14.9. The van der Waals surface area contributed by atoms with Gasteiger partial charge in [-0.25, -0.2) is 8.42 Å². The molecule has 3 rings (SSSR count). The van der Waals surface area contributed by atoms with Crippen molar-refractivity contribution in [2.75, 3.05) is 4.72 Å². The van der Waals surface area contributed by atoms with Crippen molar-refractivity contribution >= 4 is 21.4 Å². The van der Waals surface area contributed by atoms with Crippen molar-refractivity contribution in [2.45, 2.75) is 24.7 Å². The molecular formula is C17H16N4O5S. The van der Waals surface area contributed by atoms with E-state index in [2.05, 4.69) is 14.9 Å². The minimum atomic E-state index is -4.12. The lowest BCUT2D eigenvalue weighted by Gasteiger charge is -2.08. The van der Waals surface area contributed by atoms with Gasteiger partial charge < -0.3 is 4.52 Å². The molecule has 0 radical (unpaired) electrons. The summed E-state index contributed by atoms with van der Waals surface area (Å²) < 4.78 is 32.5. The number of para-hydroxylation sites is 1. The van der Waals surface area contributed by atoms with E-state index in [-0.39, 0.29) is 11.6 Å². The molecule has 9 nitrogen and oxygen atoms in total. The Bertz CT molecular complexity index is 1070. The van der Waals surface area contributed by atoms with Crippen molar-refractivity contribution in [2.24, 2.45) is 0 Å². The molecule has 0 fully saturated rings. The number of nitrogens with zero attached hydrogens (tertiary/aromatic N) is 3. The van der Waals surface area contributed by atoms with Gasteiger partial charge in [-0.2, -0.15) is 4.98 Å². The predicted molar refractivity (Wildman–Crippen MR) is 97.7 cm³/mol. The van der Waals surface area contributed by atoms with Gasteiger partial charge in [-0.05, 0) is 30.3 Å². The molecule has 1 aromatic heterocycles. The smallest absolute Gasteiger partial charge is 0.289 e. The lowest BCUT2D eigenvalue weighted by Crippen LogP contribution is -2.14. The van der Waals surface area contributed by atoms with E-state index in [1.54, 1.807) is 12.1 Å². The third-order valence-electron chi connectivity index (χ3n) is 3.69. The lowest BCUT2D eigenvalue weighted by atomic mass is 10.2. The Kier molecular flexibility index (Phi) is 4.91. The number of anilines is 1. The molecule has 0 aliphatic heterocycles. The highest BCUT2D eigenvalue weighted by molar-refractivity contribution is 7.92. The van der Waals surface area contributed by atoms with Gasteiger partial charge in [0.2, 0.25) is 0 Å². The summed E-state index contributed by atoms with van der Waals surface area (Å²) in [5.74, 6) is 1.02. The average molecular weight is 388 g/mol. The van der Waals surface area contributed by atoms with Crippen molar-refractivity contribution in [1.29, 1.82) is 0 Å². The van der Waals surface area contributed by atoms with Crippen LogP contribution < -0.4 is 4.72 Å². The van der Waals surface area contributed by atoms with Gasteiger partial charge in [-0.15, -0.1) is 0 Å². The highest BCUT2D eigenvalue weighted by atomic mass is 32.2. The zero-order valence-corrected chi connectivity index (χ0v) is 15.3. The molecule has 10 heteroatoms. The third-order valence-corrected chi connectivity index (χ3v) is 5.12. The molecule has 0 spiro atoms. The number of nitro benzene ring substituents is 1. The molecule has 0 amide bonds. The van der Waals surface area contributed by atoms with Gasteiger partial charge in [0.05, 0.1) is 4.92 Å². The van der Waals surface area contributed by atoms with Crippen LogP contribution in [0.2, 0.25) is 0 Å². The monoisotopic (exact) mass is 388 g/mol. The number of aromatic nitrogens is 2. The van der Waals surface area contributed by atoms with E-state index in [1.165, 1.54) is 30.3 Å². The van der Waals surface area contributed by atoms with E-state index in [9.17, 15) is 18.5 Å². The quantitative estimate of drug-likeness (QED) is 0.505. The maximum atomic E-state index is 12.5. The molecule has 0 saturated carbocycles. The summed E-state index contributed by atoms with van der Waals surface area (Å²) in [6, 6.07) is 11.4. The fourth-order valence-corrected chi connectivity index (χ4v) is 3.54. The summed E-state index contributed by atoms with van der Waals surface area (Å²) in [7, 11) is -4.12. The molecule has 27 heavy (non-hydrogen) atoms. The highest BCUT2D eigenvalue weighted by Gasteiger charge is 2.25. The van der Waals surface area contributed by atoms with Crippen molar-refractivity contribution in [1.82, 2.24) is 10.1 Å². The molecule has 0 saturated heterocycles. The van der Waals surface area contributed by atoms with Gasteiger partial charge in [0, 0.05) is 23.2 Å². The molecule has 140 valence electrons. The Morgan fingerprint density at radius 2 is 1.78 bits per heavy atom. The number of benzene rings is 2. The van der Waals surface area contributed by atoms with Crippen LogP contribution in [0.25, 0.3) is 11.5 Å². The van der Waals surface area contributed by atoms with E-state index in [0.717, 1.165) is 6.07 Å². The number of sulfonamides is 1. The number of rotatable bonds is 6. The zero-order chi connectivity index (χ0) is 19.6. The van der Waals surface area contributed by atoms with Crippen LogP contribution in [-0.2, 0) is 10.0 Å². The summed E-state index contributed by atoms with van der Waals surface area (Å²) in [5.41, 5.74) is 0.386. The maximum absolute atomic E-state index is 12.5. The fourth-order valence-electron chi connectivity index (χ4n) is 2.31. The second-order valence-corrected chi connectivity index (χ2v) is 7.67. The van der Waals surface area contributed by atoms with Crippen molar-refractivity contribution in [3.05, 3.63) is 64.5 Å². The summed E-state index contributed by atoms with van der Waals surface area (Å²) >= 11 is 0. The first kappa shape index (κ1) is 18.5. The standard InChI is InChI=1S/C17H16N4O5S/c1-11(2)16-18-17(26-19-16)12-7-9-13(10-8-12)20-27(24,25)15-6-4-3-5-14(15)21(22)23/h3-11,20H,1-2H3. The molecule has 3 aromatic rings. The van der Waals surface area contributed by atoms with Crippen molar-refractivity contribution in [3.8, 4) is 11.5 Å². The van der Waals surface area contributed by atoms with E-state index in [4.69, 9.17) is 4.52 Å². The van der Waals surface area contributed by atoms with Gasteiger partial charge in [0.15, 0.2) is 10.7 Å². The van der Waals surface area contributed by atoms with Gasteiger partial charge >= 0.3 is 0 Å². The summed E-state index contributed by atoms with van der Waals surface area (Å²) in [6.07, 6.45) is 0. The van der Waals surface area contributed by atoms with Crippen LogP contribution >= 0.6 is 0 Å². The third kappa shape index (κ3) is 3.95. The Morgan fingerprint density at radius 3 is 2.37 bits per heavy atom. The minimum absolute atomic E-state index is 0.121. The van der Waals surface area contributed by atoms with Crippen LogP contribution in [-0.4, -0.2) is 23.5 Å². The largest absolute Gasteiger partial charge is 0.334 e. The van der Waals surface area contributed by atoms with E-state index in [0.29, 0.717) is 17.3 Å². The van der Waals surface area contributed by atoms with Crippen LogP contribution in [0.15, 0.2) is 57.9 Å². The first-order valence-electron chi connectivity index (χ1n) is 7.98. The summed E-state index contributed by atoms with van der Waals surface area (Å²) in [4.78, 5) is 14.2. The minimum Gasteiger partial charge on any atom is -0.334 e. The van der Waals surface area contributed by atoms with Gasteiger partial charge in [0.1, 0.15) is 0 Å². The first-order chi connectivity index (χ1) is 12.8. The number of hydrogen-bond acceptors (Lipinski definition) is 7. The zero-order valence-electron chi connectivity index (χ0n) is 14.5. The second kappa shape index (κ2) is 7.16. The van der Waals surface area contributed by atoms with Gasteiger partial charge in [0.25, 0.3) is 21.6 Å². The van der Waals surface area contributed by atoms with Crippen LogP contribution in [0.3, 0.4) is 0 Å². The molecule has 0 unspecified atom stereocenters. The predicted octanol–water partition coefficient (Wildman–Crippen LogP) is 3.57. The number of nitro groups is 1. The topological polar surface area (TPSA) is 128 Å². The second-order valence-electron chi connectivity index (χ2n) is 6.02. The molecule has 1 heterocycles. The number of nitrogens with one attached hydrogen (secondary N) is 1.